The lowest BCUT2D eigenvalue weighted by Crippen LogP contribution is -2.58. The Labute approximate surface area is 784 Å². The molecule has 0 radical (unpaired) electrons. The van der Waals surface area contributed by atoms with Gasteiger partial charge < -0.3 is 34.3 Å². The summed E-state index contributed by atoms with van der Waals surface area (Å²) in [6.07, 6.45) is 6.53. The van der Waals surface area contributed by atoms with E-state index in [0.29, 0.717) is 118 Å². The molecule has 25 nitrogen and oxygen atoms in total. The lowest BCUT2D eigenvalue weighted by atomic mass is 9.95. The summed E-state index contributed by atoms with van der Waals surface area (Å²) in [5.41, 5.74) is 11.6. The number of piperazine rings is 3. The van der Waals surface area contributed by atoms with Crippen molar-refractivity contribution in [1.29, 1.82) is 0 Å². The molecule has 3 fully saturated rings. The fourth-order valence-electron chi connectivity index (χ4n) is 18.3. The van der Waals surface area contributed by atoms with E-state index in [9.17, 15) is 33.2 Å². The number of fused-ring (bicyclic) bond motifs is 3. The molecule has 3 saturated heterocycles. The highest BCUT2D eigenvalue weighted by atomic mass is 35.5. The van der Waals surface area contributed by atoms with Gasteiger partial charge in [-0.05, 0) is 202 Å². The quantitative estimate of drug-likeness (QED) is 0.0642. The Bertz CT molecular complexity index is 6710. The summed E-state index contributed by atoms with van der Waals surface area (Å²) in [7, 11) is 0. The molecule has 3 amide bonds. The highest BCUT2D eigenvalue weighted by Crippen LogP contribution is 2.44. The fraction of sp³-hybridized carbons (Fsp3) is 0.382. The molecule has 3 aliphatic rings. The van der Waals surface area contributed by atoms with Crippen LogP contribution in [-0.4, -0.2) is 180 Å². The van der Waals surface area contributed by atoms with Crippen LogP contribution >= 0.6 is 34.8 Å². The first kappa shape index (κ1) is 97.1. The summed E-state index contributed by atoms with van der Waals surface area (Å²) < 4.78 is 34.6. The van der Waals surface area contributed by atoms with Crippen LogP contribution in [0, 0.1) is 32.4 Å². The van der Waals surface area contributed by atoms with Gasteiger partial charge in [0.05, 0.1) is 88.1 Å². The van der Waals surface area contributed by atoms with Crippen molar-refractivity contribution in [2.45, 2.75) is 205 Å². The lowest BCUT2D eigenvalue weighted by molar-refractivity contribution is -0.129. The molecule has 15 rings (SSSR count). The first-order valence-corrected chi connectivity index (χ1v) is 46.3. The molecule has 12 heterocycles. The van der Waals surface area contributed by atoms with Crippen molar-refractivity contribution in [2.75, 3.05) is 72.0 Å². The zero-order valence-electron chi connectivity index (χ0n) is 78.8. The maximum atomic E-state index is 15.0. The van der Waals surface area contributed by atoms with Crippen molar-refractivity contribution in [3.63, 3.8) is 0 Å². The third kappa shape index (κ3) is 18.9. The number of pyridine rings is 6. The fourth-order valence-corrected chi connectivity index (χ4v) is 19.1. The van der Waals surface area contributed by atoms with Crippen LogP contribution < -0.4 is 36.7 Å². The Hall–Kier alpha value is -12.5. The van der Waals surface area contributed by atoms with E-state index in [1.807, 2.05) is 160 Å². The number of carbonyl (C=O) groups excluding carboxylic acids is 3. The molecule has 3 aromatic carbocycles. The maximum absolute atomic E-state index is 15.0. The van der Waals surface area contributed by atoms with Gasteiger partial charge in [0.25, 0.3) is 0 Å². The van der Waals surface area contributed by atoms with Gasteiger partial charge in [0, 0.05) is 123 Å². The monoisotopic (exact) mass is 1850 g/mol. The molecule has 132 heavy (non-hydrogen) atoms. The molecule has 3 aliphatic heterocycles. The van der Waals surface area contributed by atoms with E-state index >= 15 is 4.39 Å². The van der Waals surface area contributed by atoms with Crippen molar-refractivity contribution in [2.24, 2.45) is 0 Å². The van der Waals surface area contributed by atoms with Gasteiger partial charge in [0.15, 0.2) is 16.9 Å². The van der Waals surface area contributed by atoms with Crippen LogP contribution in [0.4, 0.5) is 31.9 Å². The summed E-state index contributed by atoms with van der Waals surface area (Å²) in [5.74, 6) is 0.212. The molecule has 0 saturated carbocycles. The van der Waals surface area contributed by atoms with Gasteiger partial charge >= 0.3 is 17.1 Å². The Balaban J connectivity index is 0.000000169. The first-order valence-electron chi connectivity index (χ1n) is 45.1. The summed E-state index contributed by atoms with van der Waals surface area (Å²) in [5, 5.41) is 2.67. The average Bonchev–Trinajstić information content (AvgIpc) is 0.742. The first-order chi connectivity index (χ1) is 62.8. The highest BCUT2D eigenvalue weighted by molar-refractivity contribution is 6.35. The van der Waals surface area contributed by atoms with Crippen molar-refractivity contribution in [3.05, 3.63) is 257 Å². The van der Waals surface area contributed by atoms with E-state index in [-0.39, 0.29) is 110 Å². The standard InChI is InChI=1S/C37H46ClN7O2.C33H36ClFN6O2.C32H34ClFN6O2/c1-10-31(46)43-20-25(9)44(21-24(43)8)35-28-19-29(38)33(27-16-14-13-15-26(27)22(4)5)40-36(28)45(37(47)41-35)34-30(42(11-2)12-3)17-18-39-32(34)23(6)7;1-8-22-14-19(5)30(28(36-22)18(3)4)41-32-24(15-25(34)29(37-32)23-12-10-11-13-26(23)35)31(38-33(41)43)40-17-20(6)39(16-21(40)7)27(42)9-2;1-8-26(41)38-15-21(7)39(16-20(38)6)30-23-14-24(33)28(22-11-9-10-12-25(22)34)36-31(23)40(32(42)37-30)29-18(4)13-19(5)35-27(29)17(2)3/h10,13-19,22-25H,1,11-12,20-21H2,2-9H3;9-15,18,20-21H,2,8,16-17H2,1,3-7H3;8-14,17,20-21H,1,15-16H2,2-7H3. The minimum absolute atomic E-state index is 0.00323. The summed E-state index contributed by atoms with van der Waals surface area (Å²) >= 11 is 20.8. The molecule has 0 bridgehead atoms. The molecular weight excluding hydrogens is 1730 g/mol. The van der Waals surface area contributed by atoms with Crippen LogP contribution in [0.5, 0.6) is 0 Å². The molecule has 690 valence electrons. The zero-order chi connectivity index (χ0) is 95.8. The van der Waals surface area contributed by atoms with Crippen molar-refractivity contribution >= 4 is 109 Å². The minimum Gasteiger partial charge on any atom is -0.370 e. The Morgan fingerprint density at radius 1 is 0.432 bits per heavy atom. The number of hydrogen-bond donors (Lipinski definition) is 0. The number of aryl methyl sites for hydroxylation is 4. The molecule has 6 atom stereocenters. The van der Waals surface area contributed by atoms with Crippen LogP contribution in [0.25, 0.3) is 83.9 Å². The third-order valence-corrected chi connectivity index (χ3v) is 25.8. The van der Waals surface area contributed by atoms with Crippen LogP contribution in [0.2, 0.25) is 15.1 Å². The van der Waals surface area contributed by atoms with Crippen LogP contribution in [0.3, 0.4) is 0 Å². The summed E-state index contributed by atoms with van der Waals surface area (Å²) in [6, 6.07) is 30.9. The van der Waals surface area contributed by atoms with Crippen LogP contribution in [0.1, 0.15) is 187 Å². The zero-order valence-corrected chi connectivity index (χ0v) is 81.1. The average molecular weight is 1850 g/mol. The third-order valence-electron chi connectivity index (χ3n) is 25.0. The topological polar surface area (TPSA) is 256 Å². The number of nitrogens with zero attached hydrogens (tertiary/aromatic N) is 19. The van der Waals surface area contributed by atoms with E-state index in [2.05, 4.69) is 87.1 Å². The Kier molecular flexibility index (Phi) is 29.7. The van der Waals surface area contributed by atoms with Gasteiger partial charge in [-0.15, -0.1) is 0 Å². The van der Waals surface area contributed by atoms with Crippen LogP contribution in [-0.2, 0) is 20.8 Å². The summed E-state index contributed by atoms with van der Waals surface area (Å²) in [4.78, 5) is 138. The van der Waals surface area contributed by atoms with E-state index in [0.717, 1.165) is 75.9 Å². The van der Waals surface area contributed by atoms with E-state index in [1.54, 1.807) is 62.9 Å². The predicted molar refractivity (Wildman–Crippen MR) is 528 cm³/mol. The van der Waals surface area contributed by atoms with Gasteiger partial charge in [-0.2, -0.15) is 15.0 Å². The molecule has 9 aromatic heterocycles. The second-order valence-corrected chi connectivity index (χ2v) is 36.8. The Morgan fingerprint density at radius 3 is 1.14 bits per heavy atom. The smallest absolute Gasteiger partial charge is 0.355 e. The van der Waals surface area contributed by atoms with E-state index in [1.165, 1.54) is 39.5 Å². The normalized spacial score (nSPS) is 17.0. The molecule has 0 spiro atoms. The molecule has 0 N–H and O–H groups in total. The molecule has 0 aliphatic carbocycles. The van der Waals surface area contributed by atoms with Gasteiger partial charge in [-0.3, -0.25) is 29.3 Å². The molecule has 12 aromatic rings. The van der Waals surface area contributed by atoms with Crippen molar-refractivity contribution in [1.82, 2.24) is 73.3 Å². The molecule has 6 unspecified atom stereocenters. The number of amides is 3. The number of hydrogen-bond acceptors (Lipinski definition) is 19. The molecular formula is C102H116Cl3F2N19O6. The highest BCUT2D eigenvalue weighted by Gasteiger charge is 2.40. The van der Waals surface area contributed by atoms with E-state index < -0.39 is 28.7 Å². The SMILES string of the molecule is C=CC(=O)N1CC(C)N(c2nc(=O)n(-c3c(C)cc(C)nc3C(C)C)c3nc(-c4ccccc4F)c(Cl)cc23)CC1C.C=CC(=O)N1CC(C)N(c2nc(=O)n(-c3c(C)cc(CC)nc3C(C)C)c3nc(-c4ccccc4F)c(Cl)cc23)CC1C.C=CC(=O)N1CC(C)N(c2nc(=O)n(-c3c(N(CC)CC)ccnc3C(C)C)c3nc(-c4ccccc4C(C)C)c(Cl)cc23)CC1C. The van der Waals surface area contributed by atoms with Gasteiger partial charge in [0.2, 0.25) is 17.7 Å². The lowest BCUT2D eigenvalue weighted by Gasteiger charge is -2.44. The van der Waals surface area contributed by atoms with Gasteiger partial charge in [-0.1, -0.05) is 165 Å². The predicted octanol–water partition coefficient (Wildman–Crippen LogP) is 19.4. The Morgan fingerprint density at radius 2 is 0.780 bits per heavy atom. The number of carbonyl (C=O) groups is 3. The number of benzene rings is 3. The minimum atomic E-state index is -0.535. The van der Waals surface area contributed by atoms with E-state index in [4.69, 9.17) is 69.7 Å². The molecule has 30 heteroatoms. The van der Waals surface area contributed by atoms with Gasteiger partial charge in [0.1, 0.15) is 29.1 Å². The number of anilines is 4. The second kappa shape index (κ2) is 40.3. The number of aromatic nitrogens is 12. The van der Waals surface area contributed by atoms with Crippen LogP contribution in [0.15, 0.2) is 168 Å². The van der Waals surface area contributed by atoms with Crippen molar-refractivity contribution in [3.8, 4) is 50.8 Å². The summed E-state index contributed by atoms with van der Waals surface area (Å²) in [6.45, 7) is 55.5. The number of halogens is 5. The second-order valence-electron chi connectivity index (χ2n) is 35.6. The van der Waals surface area contributed by atoms with Gasteiger partial charge in [-0.25, -0.2) is 51.8 Å². The number of rotatable bonds is 20. The largest absolute Gasteiger partial charge is 0.370 e. The van der Waals surface area contributed by atoms with Crippen molar-refractivity contribution < 1.29 is 23.2 Å². The maximum Gasteiger partial charge on any atom is 0.355 e.